The molecule has 150 valence electrons. The molecular formula is C31H21N. The molecule has 1 heteroatoms. The van der Waals surface area contributed by atoms with Crippen LogP contribution in [-0.2, 0) is 5.41 Å². The van der Waals surface area contributed by atoms with Crippen LogP contribution in [0.2, 0.25) is 0 Å². The number of rotatable bonds is 0. The third-order valence-electron chi connectivity index (χ3n) is 7.89. The maximum atomic E-state index is 2.51. The van der Waals surface area contributed by atoms with Gasteiger partial charge in [-0.25, -0.2) is 0 Å². The van der Waals surface area contributed by atoms with Gasteiger partial charge in [-0.15, -0.1) is 0 Å². The lowest BCUT2D eigenvalue weighted by atomic mass is 9.82. The fourth-order valence-corrected chi connectivity index (χ4v) is 6.44. The molecule has 0 unspecified atom stereocenters. The number of para-hydroxylation sites is 1. The minimum absolute atomic E-state index is 0.00395. The summed E-state index contributed by atoms with van der Waals surface area (Å²) in [5, 5.41) is 8.10. The second kappa shape index (κ2) is 5.31. The van der Waals surface area contributed by atoms with Gasteiger partial charge in [0.25, 0.3) is 0 Å². The molecule has 2 aromatic heterocycles. The van der Waals surface area contributed by atoms with E-state index in [1.54, 1.807) is 0 Å². The van der Waals surface area contributed by atoms with Gasteiger partial charge in [0.2, 0.25) is 0 Å². The minimum Gasteiger partial charge on any atom is -0.308 e. The van der Waals surface area contributed by atoms with Crippen molar-refractivity contribution < 1.29 is 0 Å². The quantitative estimate of drug-likeness (QED) is 0.238. The Kier molecular flexibility index (Phi) is 2.79. The molecule has 0 fully saturated rings. The van der Waals surface area contributed by atoms with E-state index in [4.69, 9.17) is 0 Å². The van der Waals surface area contributed by atoms with E-state index in [2.05, 4.69) is 109 Å². The number of hydrogen-bond donors (Lipinski definition) is 0. The average Bonchev–Trinajstić information content (AvgIpc) is 3.41. The van der Waals surface area contributed by atoms with E-state index in [1.807, 2.05) is 0 Å². The number of aromatic nitrogens is 1. The molecule has 0 saturated heterocycles. The molecule has 8 rings (SSSR count). The zero-order valence-corrected chi connectivity index (χ0v) is 18.1. The first-order chi connectivity index (χ1) is 15.6. The van der Waals surface area contributed by atoms with Crippen LogP contribution in [0.5, 0.6) is 0 Å². The summed E-state index contributed by atoms with van der Waals surface area (Å²) in [6, 6.07) is 34.0. The molecule has 0 atom stereocenters. The van der Waals surface area contributed by atoms with E-state index in [1.165, 1.54) is 71.1 Å². The minimum atomic E-state index is 0.00395. The van der Waals surface area contributed by atoms with Crippen LogP contribution in [0.15, 0.2) is 91.0 Å². The lowest BCUT2D eigenvalue weighted by Crippen LogP contribution is -2.14. The molecule has 0 N–H and O–H groups in total. The summed E-state index contributed by atoms with van der Waals surface area (Å²) < 4.78 is 2.51. The van der Waals surface area contributed by atoms with Gasteiger partial charge in [0.05, 0.1) is 16.6 Å². The normalized spacial score (nSPS) is 14.8. The monoisotopic (exact) mass is 407 g/mol. The van der Waals surface area contributed by atoms with Crippen LogP contribution in [0.25, 0.3) is 60.0 Å². The molecule has 7 aromatic rings. The maximum absolute atomic E-state index is 2.51. The highest BCUT2D eigenvalue weighted by Gasteiger charge is 2.36. The van der Waals surface area contributed by atoms with Crippen LogP contribution >= 0.6 is 0 Å². The Morgan fingerprint density at radius 2 is 1.31 bits per heavy atom. The van der Waals surface area contributed by atoms with Crippen LogP contribution in [0, 0.1) is 0 Å². The van der Waals surface area contributed by atoms with E-state index in [9.17, 15) is 0 Å². The van der Waals surface area contributed by atoms with Gasteiger partial charge in [0.15, 0.2) is 0 Å². The molecule has 0 amide bonds. The van der Waals surface area contributed by atoms with E-state index < -0.39 is 0 Å². The van der Waals surface area contributed by atoms with E-state index in [0.29, 0.717) is 0 Å². The Labute approximate surface area is 185 Å². The van der Waals surface area contributed by atoms with E-state index in [0.717, 1.165) is 0 Å². The highest BCUT2D eigenvalue weighted by molar-refractivity contribution is 6.31. The van der Waals surface area contributed by atoms with Gasteiger partial charge in [-0.05, 0) is 57.3 Å². The second-order valence-corrected chi connectivity index (χ2v) is 9.81. The van der Waals surface area contributed by atoms with Gasteiger partial charge in [0, 0.05) is 27.0 Å². The van der Waals surface area contributed by atoms with Crippen molar-refractivity contribution in [3.63, 3.8) is 0 Å². The molecule has 1 aliphatic rings. The summed E-state index contributed by atoms with van der Waals surface area (Å²) in [5.74, 6) is 0. The fourth-order valence-electron chi connectivity index (χ4n) is 6.44. The molecule has 1 aliphatic carbocycles. The molecule has 0 saturated carbocycles. The van der Waals surface area contributed by atoms with Gasteiger partial charge in [0.1, 0.15) is 0 Å². The Morgan fingerprint density at radius 1 is 0.562 bits per heavy atom. The SMILES string of the molecule is CC1(C)c2ccccc2-c2cc3c(cc21)c1c2ccccc2cc2c4ccccc4n3c21. The van der Waals surface area contributed by atoms with Crippen molar-refractivity contribution in [2.75, 3.05) is 0 Å². The van der Waals surface area contributed by atoms with Crippen molar-refractivity contribution in [1.82, 2.24) is 4.40 Å². The van der Waals surface area contributed by atoms with Crippen LogP contribution in [0.3, 0.4) is 0 Å². The molecule has 0 spiro atoms. The second-order valence-electron chi connectivity index (χ2n) is 9.81. The number of nitrogens with zero attached hydrogens (tertiary/aromatic N) is 1. The number of hydrogen-bond acceptors (Lipinski definition) is 0. The maximum Gasteiger partial charge on any atom is 0.0626 e. The Balaban J connectivity index is 1.70. The summed E-state index contributed by atoms with van der Waals surface area (Å²) >= 11 is 0. The standard InChI is InChI=1S/C31H21N/c1-31(2)25-13-7-5-11-20(25)22-17-28-24(16-26(22)31)29-19-10-4-3-9-18(19)15-23-21-12-6-8-14-27(21)32(28)30(23)29/h3-17H,1-2H3. The molecule has 32 heavy (non-hydrogen) atoms. The van der Waals surface area contributed by atoms with Crippen molar-refractivity contribution >= 4 is 48.9 Å². The first kappa shape index (κ1) is 16.8. The Bertz CT molecular complexity index is 1900. The molecule has 0 radical (unpaired) electrons. The topological polar surface area (TPSA) is 4.41 Å². The molecule has 5 aromatic carbocycles. The average molecular weight is 408 g/mol. The summed E-state index contributed by atoms with van der Waals surface area (Å²) in [6.45, 7) is 4.74. The third kappa shape index (κ3) is 1.75. The highest BCUT2D eigenvalue weighted by atomic mass is 14.9. The zero-order valence-electron chi connectivity index (χ0n) is 18.1. The van der Waals surface area contributed by atoms with Crippen molar-refractivity contribution in [2.24, 2.45) is 0 Å². The first-order valence-corrected chi connectivity index (χ1v) is 11.4. The van der Waals surface area contributed by atoms with E-state index in [-0.39, 0.29) is 5.41 Å². The van der Waals surface area contributed by atoms with Gasteiger partial charge < -0.3 is 4.40 Å². The van der Waals surface area contributed by atoms with Crippen molar-refractivity contribution in [2.45, 2.75) is 19.3 Å². The first-order valence-electron chi connectivity index (χ1n) is 11.4. The van der Waals surface area contributed by atoms with Gasteiger partial charge in [-0.1, -0.05) is 80.6 Å². The van der Waals surface area contributed by atoms with E-state index >= 15 is 0 Å². The van der Waals surface area contributed by atoms with Gasteiger partial charge in [-0.3, -0.25) is 0 Å². The van der Waals surface area contributed by atoms with Crippen LogP contribution in [0.1, 0.15) is 25.0 Å². The van der Waals surface area contributed by atoms with Crippen molar-refractivity contribution in [1.29, 1.82) is 0 Å². The smallest absolute Gasteiger partial charge is 0.0626 e. The fraction of sp³-hybridized carbons (Fsp3) is 0.0968. The molecule has 1 nitrogen and oxygen atoms in total. The van der Waals surface area contributed by atoms with Gasteiger partial charge in [-0.2, -0.15) is 0 Å². The number of fused-ring (bicyclic) bond motifs is 11. The summed E-state index contributed by atoms with van der Waals surface area (Å²) in [7, 11) is 0. The van der Waals surface area contributed by atoms with Crippen molar-refractivity contribution in [3.05, 3.63) is 102 Å². The third-order valence-corrected chi connectivity index (χ3v) is 7.89. The zero-order chi connectivity index (χ0) is 21.2. The Morgan fingerprint density at radius 3 is 2.22 bits per heavy atom. The predicted molar refractivity (Wildman–Crippen MR) is 136 cm³/mol. The summed E-state index contributed by atoms with van der Waals surface area (Å²) in [4.78, 5) is 0. The van der Waals surface area contributed by atoms with Gasteiger partial charge >= 0.3 is 0 Å². The Hall–Kier alpha value is -3.84. The lowest BCUT2D eigenvalue weighted by Gasteiger charge is -2.21. The molecule has 2 heterocycles. The largest absolute Gasteiger partial charge is 0.308 e. The molecular weight excluding hydrogens is 386 g/mol. The van der Waals surface area contributed by atoms with Crippen LogP contribution in [-0.4, -0.2) is 4.40 Å². The molecule has 0 aliphatic heterocycles. The summed E-state index contributed by atoms with van der Waals surface area (Å²) in [6.07, 6.45) is 0. The lowest BCUT2D eigenvalue weighted by molar-refractivity contribution is 0.661. The van der Waals surface area contributed by atoms with Crippen LogP contribution < -0.4 is 0 Å². The molecule has 0 bridgehead atoms. The van der Waals surface area contributed by atoms with Crippen molar-refractivity contribution in [3.8, 4) is 11.1 Å². The highest BCUT2D eigenvalue weighted by Crippen LogP contribution is 2.52. The number of benzene rings is 5. The summed E-state index contributed by atoms with van der Waals surface area (Å²) in [5.41, 5.74) is 9.60. The predicted octanol–water partition coefficient (Wildman–Crippen LogP) is 8.30. The van der Waals surface area contributed by atoms with Crippen LogP contribution in [0.4, 0.5) is 0 Å².